The molecule has 0 bridgehead atoms. The van der Waals surface area contributed by atoms with E-state index in [1.807, 2.05) is 11.9 Å². The molecule has 1 saturated heterocycles. The highest BCUT2D eigenvalue weighted by Crippen LogP contribution is 2.15. The molecule has 1 N–H and O–H groups in total. The first-order valence-electron chi connectivity index (χ1n) is 5.93. The number of hydrogen-bond donors (Lipinski definition) is 1. The van der Waals surface area contributed by atoms with Crippen molar-refractivity contribution < 1.29 is 9.53 Å². The highest BCUT2D eigenvalue weighted by molar-refractivity contribution is 6.00. The number of amidine groups is 1. The average Bonchev–Trinajstić information content (AvgIpc) is 2.76. The Hall–Kier alpha value is -2.04. The van der Waals surface area contributed by atoms with Crippen molar-refractivity contribution in [2.75, 3.05) is 26.0 Å². The van der Waals surface area contributed by atoms with E-state index in [1.54, 1.807) is 31.4 Å². The summed E-state index contributed by atoms with van der Waals surface area (Å²) in [5.74, 6) is 1.61. The van der Waals surface area contributed by atoms with Crippen molar-refractivity contribution in [1.82, 2.24) is 4.90 Å². The number of hydrogen-bond acceptors (Lipinski definition) is 2. The van der Waals surface area contributed by atoms with Crippen LogP contribution in [0.15, 0.2) is 29.3 Å². The SMILES string of the molecule is COc1ccc(NC(=O)N=C2CCCN2C)cc1. The molecule has 0 atom stereocenters. The molecule has 96 valence electrons. The Morgan fingerprint density at radius 1 is 1.39 bits per heavy atom. The van der Waals surface area contributed by atoms with Gasteiger partial charge in [-0.05, 0) is 30.7 Å². The fourth-order valence-electron chi connectivity index (χ4n) is 1.88. The number of ether oxygens (including phenoxy) is 1. The monoisotopic (exact) mass is 247 g/mol. The summed E-state index contributed by atoms with van der Waals surface area (Å²) >= 11 is 0. The Morgan fingerprint density at radius 2 is 2.11 bits per heavy atom. The predicted octanol–water partition coefficient (Wildman–Crippen LogP) is 2.35. The van der Waals surface area contributed by atoms with Crippen LogP contribution in [0, 0.1) is 0 Å². The van der Waals surface area contributed by atoms with E-state index >= 15 is 0 Å². The van der Waals surface area contributed by atoms with Crippen LogP contribution >= 0.6 is 0 Å². The van der Waals surface area contributed by atoms with E-state index in [0.717, 1.165) is 31.0 Å². The predicted molar refractivity (Wildman–Crippen MR) is 71.3 cm³/mol. The summed E-state index contributed by atoms with van der Waals surface area (Å²) in [4.78, 5) is 17.8. The van der Waals surface area contributed by atoms with Gasteiger partial charge in [0.25, 0.3) is 0 Å². The summed E-state index contributed by atoms with van der Waals surface area (Å²) in [6.07, 6.45) is 1.93. The number of rotatable bonds is 2. The molecule has 1 aromatic rings. The first kappa shape index (κ1) is 12.4. The third kappa shape index (κ3) is 3.00. The quantitative estimate of drug-likeness (QED) is 0.872. The Morgan fingerprint density at radius 3 is 2.67 bits per heavy atom. The average molecular weight is 247 g/mol. The normalized spacial score (nSPS) is 17.0. The molecule has 2 amide bonds. The largest absolute Gasteiger partial charge is 0.497 e. The second kappa shape index (κ2) is 5.53. The van der Waals surface area contributed by atoms with E-state index in [9.17, 15) is 4.79 Å². The van der Waals surface area contributed by atoms with Gasteiger partial charge in [0.1, 0.15) is 11.6 Å². The van der Waals surface area contributed by atoms with Gasteiger partial charge in [0.2, 0.25) is 0 Å². The Kier molecular flexibility index (Phi) is 3.82. The number of nitrogens with one attached hydrogen (secondary N) is 1. The summed E-state index contributed by atoms with van der Waals surface area (Å²) < 4.78 is 5.05. The maximum atomic E-state index is 11.7. The van der Waals surface area contributed by atoms with E-state index in [4.69, 9.17) is 4.74 Å². The molecular formula is C13H17N3O2. The minimum atomic E-state index is -0.330. The summed E-state index contributed by atoms with van der Waals surface area (Å²) in [6.45, 7) is 0.967. The Labute approximate surface area is 106 Å². The number of carbonyl (C=O) groups is 1. The van der Waals surface area contributed by atoms with Crippen molar-refractivity contribution in [2.24, 2.45) is 4.99 Å². The van der Waals surface area contributed by atoms with Gasteiger partial charge in [-0.3, -0.25) is 0 Å². The number of anilines is 1. The highest BCUT2D eigenvalue weighted by Gasteiger charge is 2.15. The minimum Gasteiger partial charge on any atom is -0.497 e. The number of likely N-dealkylation sites (tertiary alicyclic amines) is 1. The lowest BCUT2D eigenvalue weighted by Crippen LogP contribution is -2.21. The van der Waals surface area contributed by atoms with Gasteiger partial charge in [0.15, 0.2) is 0 Å². The molecule has 0 radical (unpaired) electrons. The molecular weight excluding hydrogens is 230 g/mol. The second-order valence-corrected chi connectivity index (χ2v) is 4.21. The molecule has 0 spiro atoms. The van der Waals surface area contributed by atoms with Crippen LogP contribution in [0.25, 0.3) is 0 Å². The molecule has 0 unspecified atom stereocenters. The van der Waals surface area contributed by atoms with Crippen molar-refractivity contribution in [3.05, 3.63) is 24.3 Å². The van der Waals surface area contributed by atoms with Gasteiger partial charge in [0, 0.05) is 25.7 Å². The fourth-order valence-corrected chi connectivity index (χ4v) is 1.88. The van der Waals surface area contributed by atoms with E-state index in [2.05, 4.69) is 10.3 Å². The molecule has 0 aromatic heterocycles. The molecule has 0 aliphatic carbocycles. The molecule has 5 heteroatoms. The van der Waals surface area contributed by atoms with Crippen molar-refractivity contribution in [3.63, 3.8) is 0 Å². The zero-order valence-corrected chi connectivity index (χ0v) is 10.6. The third-order valence-corrected chi connectivity index (χ3v) is 2.91. The zero-order chi connectivity index (χ0) is 13.0. The van der Waals surface area contributed by atoms with Gasteiger partial charge >= 0.3 is 6.03 Å². The number of carbonyl (C=O) groups excluding carboxylic acids is 1. The lowest BCUT2D eigenvalue weighted by atomic mass is 10.3. The van der Waals surface area contributed by atoms with Gasteiger partial charge in [-0.1, -0.05) is 0 Å². The number of nitrogens with zero attached hydrogens (tertiary/aromatic N) is 2. The molecule has 0 saturated carbocycles. The van der Waals surface area contributed by atoms with E-state index < -0.39 is 0 Å². The molecule has 1 aliphatic rings. The molecule has 1 aliphatic heterocycles. The van der Waals surface area contributed by atoms with Crippen molar-refractivity contribution in [1.29, 1.82) is 0 Å². The lowest BCUT2D eigenvalue weighted by Gasteiger charge is -2.10. The zero-order valence-electron chi connectivity index (χ0n) is 10.6. The van der Waals surface area contributed by atoms with E-state index in [1.165, 1.54) is 0 Å². The number of benzene rings is 1. The van der Waals surface area contributed by atoms with Crippen LogP contribution in [-0.2, 0) is 0 Å². The van der Waals surface area contributed by atoms with E-state index in [-0.39, 0.29) is 6.03 Å². The fraction of sp³-hybridized carbons (Fsp3) is 0.385. The van der Waals surface area contributed by atoms with Crippen LogP contribution in [0.1, 0.15) is 12.8 Å². The molecule has 1 fully saturated rings. The summed E-state index contributed by atoms with van der Waals surface area (Å²) in [5.41, 5.74) is 0.714. The number of aliphatic imine (C=N–C) groups is 1. The minimum absolute atomic E-state index is 0.330. The lowest BCUT2D eigenvalue weighted by molar-refractivity contribution is 0.259. The summed E-state index contributed by atoms with van der Waals surface area (Å²) in [5, 5.41) is 2.73. The van der Waals surface area contributed by atoms with Crippen LogP contribution in [0.5, 0.6) is 5.75 Å². The van der Waals surface area contributed by atoms with Gasteiger partial charge in [-0.2, -0.15) is 4.99 Å². The Balaban J connectivity index is 1.98. The van der Waals surface area contributed by atoms with Gasteiger partial charge in [-0.25, -0.2) is 4.79 Å². The van der Waals surface area contributed by atoms with Gasteiger partial charge in [-0.15, -0.1) is 0 Å². The molecule has 18 heavy (non-hydrogen) atoms. The van der Waals surface area contributed by atoms with Crippen LogP contribution in [0.2, 0.25) is 0 Å². The number of methoxy groups -OCH3 is 1. The smallest absolute Gasteiger partial charge is 0.347 e. The van der Waals surface area contributed by atoms with Crippen molar-refractivity contribution in [2.45, 2.75) is 12.8 Å². The first-order chi connectivity index (χ1) is 8.69. The second-order valence-electron chi connectivity index (χ2n) is 4.21. The van der Waals surface area contributed by atoms with Crippen LogP contribution < -0.4 is 10.1 Å². The number of urea groups is 1. The molecule has 2 rings (SSSR count). The maximum absolute atomic E-state index is 11.7. The van der Waals surface area contributed by atoms with Crippen molar-refractivity contribution >= 4 is 17.6 Å². The molecule has 1 aromatic carbocycles. The van der Waals surface area contributed by atoms with E-state index in [0.29, 0.717) is 5.69 Å². The highest BCUT2D eigenvalue weighted by atomic mass is 16.5. The Bertz CT molecular complexity index is 454. The topological polar surface area (TPSA) is 53.9 Å². The van der Waals surface area contributed by atoms with Crippen LogP contribution in [0.4, 0.5) is 10.5 Å². The van der Waals surface area contributed by atoms with Crippen molar-refractivity contribution in [3.8, 4) is 5.75 Å². The maximum Gasteiger partial charge on any atom is 0.347 e. The number of amides is 2. The van der Waals surface area contributed by atoms with Crippen LogP contribution in [0.3, 0.4) is 0 Å². The van der Waals surface area contributed by atoms with Gasteiger partial charge in [0.05, 0.1) is 7.11 Å². The van der Waals surface area contributed by atoms with Crippen LogP contribution in [-0.4, -0.2) is 37.5 Å². The first-order valence-corrected chi connectivity index (χ1v) is 5.93. The summed E-state index contributed by atoms with van der Waals surface area (Å²) in [7, 11) is 3.56. The summed E-state index contributed by atoms with van der Waals surface area (Å²) in [6, 6.07) is 6.84. The molecule has 5 nitrogen and oxygen atoms in total. The molecule has 1 heterocycles. The van der Waals surface area contributed by atoms with Gasteiger partial charge < -0.3 is 15.0 Å². The standard InChI is InChI=1S/C13H17N3O2/c1-16-9-3-4-12(16)15-13(17)14-10-5-7-11(18-2)8-6-10/h5-8H,3-4,9H2,1-2H3,(H,14,17). The third-order valence-electron chi connectivity index (χ3n) is 2.91.